The van der Waals surface area contributed by atoms with Crippen molar-refractivity contribution >= 4 is 35.4 Å². The molecular weight excluding hydrogens is 382 g/mol. The molecule has 0 radical (unpaired) electrons. The second kappa shape index (κ2) is 9.18. The summed E-state index contributed by atoms with van der Waals surface area (Å²) in [5.41, 5.74) is 13.5. The van der Waals surface area contributed by atoms with E-state index in [-0.39, 0.29) is 0 Å². The Bertz CT molecular complexity index is 920. The number of hydrogen-bond acceptors (Lipinski definition) is 4. The van der Waals surface area contributed by atoms with Crippen LogP contribution < -0.4 is 11.5 Å². The molecule has 0 saturated carbocycles. The second-order valence-electron chi connectivity index (χ2n) is 6.29. The van der Waals surface area contributed by atoms with E-state index < -0.39 is 30.8 Å². The lowest BCUT2D eigenvalue weighted by Crippen LogP contribution is -2.42. The molecule has 0 aliphatic carbocycles. The summed E-state index contributed by atoms with van der Waals surface area (Å²) in [6, 6.07) is 7.49. The van der Waals surface area contributed by atoms with Crippen LogP contribution >= 0.6 is 11.6 Å². The summed E-state index contributed by atoms with van der Waals surface area (Å²) in [7, 11) is 0. The highest BCUT2D eigenvalue weighted by Crippen LogP contribution is 2.20. The molecule has 1 heterocycles. The predicted molar refractivity (Wildman–Crippen MR) is 106 cm³/mol. The van der Waals surface area contributed by atoms with Crippen molar-refractivity contribution in [2.75, 3.05) is 13.1 Å². The van der Waals surface area contributed by atoms with E-state index in [1.54, 1.807) is 10.8 Å². The number of aromatic nitrogens is 2. The highest BCUT2D eigenvalue weighted by molar-refractivity contribution is 6.31. The molecule has 8 nitrogen and oxygen atoms in total. The van der Waals surface area contributed by atoms with E-state index in [1.807, 2.05) is 38.1 Å². The first-order chi connectivity index (χ1) is 13.2. The van der Waals surface area contributed by atoms with Crippen LogP contribution in [-0.2, 0) is 20.9 Å². The van der Waals surface area contributed by atoms with Gasteiger partial charge in [-0.15, -0.1) is 0 Å². The maximum Gasteiger partial charge on any atom is 0.247 e. The van der Waals surface area contributed by atoms with Crippen molar-refractivity contribution in [3.63, 3.8) is 0 Å². The number of rotatable bonds is 8. The van der Waals surface area contributed by atoms with E-state index in [2.05, 4.69) is 5.10 Å². The van der Waals surface area contributed by atoms with Gasteiger partial charge in [-0.1, -0.05) is 29.8 Å². The fraction of sp³-hybridized carbons (Fsp3) is 0.263. The molecule has 148 valence electrons. The van der Waals surface area contributed by atoms with Gasteiger partial charge in [0, 0.05) is 22.4 Å². The molecule has 0 atom stereocenters. The van der Waals surface area contributed by atoms with Crippen molar-refractivity contribution in [2.45, 2.75) is 20.4 Å². The molecule has 28 heavy (non-hydrogen) atoms. The molecular formula is C19H22ClN5O3. The van der Waals surface area contributed by atoms with Crippen LogP contribution in [-0.4, -0.2) is 45.5 Å². The normalized spacial score (nSPS) is 11.0. The number of carbonyl (C=O) groups is 3. The number of benzene rings is 1. The quantitative estimate of drug-likeness (QED) is 0.638. The number of hydrogen-bond donors (Lipinski definition) is 2. The number of carbonyl (C=O) groups excluding carboxylic acids is 3. The monoisotopic (exact) mass is 403 g/mol. The minimum Gasteiger partial charge on any atom is -0.368 e. The maximum atomic E-state index is 12.3. The predicted octanol–water partition coefficient (Wildman–Crippen LogP) is 1.01. The largest absolute Gasteiger partial charge is 0.368 e. The molecule has 2 rings (SSSR count). The lowest BCUT2D eigenvalue weighted by molar-refractivity contribution is -0.134. The highest BCUT2D eigenvalue weighted by atomic mass is 35.5. The van der Waals surface area contributed by atoms with Gasteiger partial charge in [0.05, 0.1) is 12.2 Å². The molecule has 1 aromatic heterocycles. The molecule has 0 unspecified atom stereocenters. The molecule has 9 heteroatoms. The molecule has 0 aliphatic heterocycles. The first-order valence-electron chi connectivity index (χ1n) is 8.50. The van der Waals surface area contributed by atoms with Crippen LogP contribution in [0.25, 0.3) is 6.08 Å². The average Bonchev–Trinajstić information content (AvgIpc) is 2.87. The van der Waals surface area contributed by atoms with Crippen LogP contribution in [0.4, 0.5) is 0 Å². The number of aryl methyl sites for hydroxylation is 1. The van der Waals surface area contributed by atoms with E-state index in [0.717, 1.165) is 27.4 Å². The molecule has 0 fully saturated rings. The van der Waals surface area contributed by atoms with Crippen LogP contribution in [0.3, 0.4) is 0 Å². The van der Waals surface area contributed by atoms with E-state index in [1.165, 1.54) is 6.08 Å². The van der Waals surface area contributed by atoms with Gasteiger partial charge in [-0.2, -0.15) is 5.10 Å². The lowest BCUT2D eigenvalue weighted by atomic mass is 10.1. The molecule has 0 bridgehead atoms. The Morgan fingerprint density at radius 3 is 2.32 bits per heavy atom. The van der Waals surface area contributed by atoms with E-state index in [4.69, 9.17) is 23.1 Å². The SMILES string of the molecule is Cc1nn(Cc2ccccc2Cl)c(C)c1/C=C/C(=O)N(CC(N)=O)CC(N)=O. The fourth-order valence-corrected chi connectivity index (χ4v) is 2.94. The number of nitrogens with zero attached hydrogens (tertiary/aromatic N) is 3. The Kier molecular flexibility index (Phi) is 6.94. The van der Waals surface area contributed by atoms with Crippen LogP contribution in [0.15, 0.2) is 30.3 Å². The van der Waals surface area contributed by atoms with Crippen molar-refractivity contribution < 1.29 is 14.4 Å². The van der Waals surface area contributed by atoms with Crippen LogP contribution in [0.5, 0.6) is 0 Å². The van der Waals surface area contributed by atoms with Crippen molar-refractivity contribution in [2.24, 2.45) is 11.5 Å². The van der Waals surface area contributed by atoms with Crippen LogP contribution in [0.2, 0.25) is 5.02 Å². The number of primary amides is 2. The highest BCUT2D eigenvalue weighted by Gasteiger charge is 2.17. The Hall–Kier alpha value is -3.13. The smallest absolute Gasteiger partial charge is 0.247 e. The van der Waals surface area contributed by atoms with E-state index in [9.17, 15) is 14.4 Å². The lowest BCUT2D eigenvalue weighted by Gasteiger charge is -2.17. The zero-order valence-corrected chi connectivity index (χ0v) is 16.4. The van der Waals surface area contributed by atoms with Crippen LogP contribution in [0, 0.1) is 13.8 Å². The van der Waals surface area contributed by atoms with Crippen molar-refractivity contribution in [1.29, 1.82) is 0 Å². The number of amides is 3. The minimum atomic E-state index is -0.733. The summed E-state index contributed by atoms with van der Waals surface area (Å²) in [6.45, 7) is 3.41. The number of nitrogens with two attached hydrogens (primary N) is 2. The molecule has 4 N–H and O–H groups in total. The van der Waals surface area contributed by atoms with Gasteiger partial charge in [0.25, 0.3) is 0 Å². The van der Waals surface area contributed by atoms with Gasteiger partial charge in [-0.05, 0) is 31.6 Å². The van der Waals surface area contributed by atoms with Crippen molar-refractivity contribution in [1.82, 2.24) is 14.7 Å². The zero-order valence-electron chi connectivity index (χ0n) is 15.7. The van der Waals surface area contributed by atoms with Crippen molar-refractivity contribution in [3.05, 3.63) is 57.9 Å². The van der Waals surface area contributed by atoms with Gasteiger partial charge >= 0.3 is 0 Å². The summed E-state index contributed by atoms with van der Waals surface area (Å²) < 4.78 is 1.80. The maximum absolute atomic E-state index is 12.3. The van der Waals surface area contributed by atoms with Gasteiger partial charge in [0.15, 0.2) is 0 Å². The van der Waals surface area contributed by atoms with E-state index >= 15 is 0 Å². The van der Waals surface area contributed by atoms with Crippen molar-refractivity contribution in [3.8, 4) is 0 Å². The first kappa shape index (κ1) is 21.2. The van der Waals surface area contributed by atoms with Gasteiger partial charge in [0.2, 0.25) is 17.7 Å². The summed E-state index contributed by atoms with van der Waals surface area (Å²) in [6.07, 6.45) is 2.86. The fourth-order valence-electron chi connectivity index (χ4n) is 2.74. The minimum absolute atomic E-state index is 0.393. The van der Waals surface area contributed by atoms with Gasteiger partial charge in [0.1, 0.15) is 13.1 Å². The molecule has 2 aromatic rings. The summed E-state index contributed by atoms with van der Waals surface area (Å²) in [5.74, 6) is -2.01. The van der Waals surface area contributed by atoms with Crippen LogP contribution in [0.1, 0.15) is 22.5 Å². The molecule has 3 amide bonds. The average molecular weight is 404 g/mol. The summed E-state index contributed by atoms with van der Waals surface area (Å²) in [5, 5.41) is 5.15. The topological polar surface area (TPSA) is 124 Å². The third-order valence-electron chi connectivity index (χ3n) is 4.11. The number of halogens is 1. The Balaban J connectivity index is 2.22. The molecule has 0 aliphatic rings. The Labute approximate surface area is 167 Å². The standard InChI is InChI=1S/C19H22ClN5O3/c1-12-15(7-8-19(28)24(10-17(21)26)11-18(22)27)13(2)25(23-12)9-14-5-3-4-6-16(14)20/h3-8H,9-11H2,1-2H3,(H2,21,26)(H2,22,27)/b8-7+. The first-order valence-corrected chi connectivity index (χ1v) is 8.87. The van der Waals surface area contributed by atoms with Gasteiger partial charge in [-0.25, -0.2) is 0 Å². The summed E-state index contributed by atoms with van der Waals surface area (Å²) >= 11 is 6.21. The van der Waals surface area contributed by atoms with Gasteiger partial charge < -0.3 is 16.4 Å². The third-order valence-corrected chi connectivity index (χ3v) is 4.48. The summed E-state index contributed by atoms with van der Waals surface area (Å²) in [4.78, 5) is 35.5. The van der Waals surface area contributed by atoms with E-state index in [0.29, 0.717) is 11.6 Å². The zero-order chi connectivity index (χ0) is 20.8. The Morgan fingerprint density at radius 2 is 1.75 bits per heavy atom. The molecule has 0 saturated heterocycles. The molecule has 0 spiro atoms. The molecule has 1 aromatic carbocycles. The van der Waals surface area contributed by atoms with Gasteiger partial charge in [-0.3, -0.25) is 19.1 Å². The third kappa shape index (κ3) is 5.43. The second-order valence-corrected chi connectivity index (χ2v) is 6.70. The Morgan fingerprint density at radius 1 is 1.14 bits per heavy atom.